The maximum absolute atomic E-state index is 12.4. The van der Waals surface area contributed by atoms with Crippen molar-refractivity contribution in [2.45, 2.75) is 25.3 Å². The van der Waals surface area contributed by atoms with Crippen molar-refractivity contribution in [2.24, 2.45) is 5.92 Å². The van der Waals surface area contributed by atoms with Crippen molar-refractivity contribution in [3.63, 3.8) is 0 Å². The Morgan fingerprint density at radius 1 is 1.11 bits per heavy atom. The number of nitrogens with zero attached hydrogens (tertiary/aromatic N) is 1. The van der Waals surface area contributed by atoms with E-state index < -0.39 is 17.9 Å². The number of carbonyl (C=O) groups is 3. The molecule has 0 saturated heterocycles. The second-order valence-electron chi connectivity index (χ2n) is 6.51. The Balaban J connectivity index is 1.64. The lowest BCUT2D eigenvalue weighted by Crippen LogP contribution is -2.43. The van der Waals surface area contributed by atoms with Crippen LogP contribution >= 0.6 is 23.2 Å². The number of aliphatic carboxylic acids is 1. The van der Waals surface area contributed by atoms with E-state index in [1.807, 2.05) is 0 Å². The maximum atomic E-state index is 12.4. The first-order valence-corrected chi connectivity index (χ1v) is 9.33. The summed E-state index contributed by atoms with van der Waals surface area (Å²) in [5.41, 5.74) is 1.32. The Kier molecular flexibility index (Phi) is 6.16. The molecule has 1 aromatic heterocycles. The van der Waals surface area contributed by atoms with Gasteiger partial charge in [0.15, 0.2) is 0 Å². The number of carboxylic acids is 1. The highest BCUT2D eigenvalue weighted by molar-refractivity contribution is 6.40. The monoisotopic (exact) mass is 421 g/mol. The Morgan fingerprint density at radius 3 is 2.25 bits per heavy atom. The minimum absolute atomic E-state index is 0.0636. The van der Waals surface area contributed by atoms with Crippen LogP contribution in [0.5, 0.6) is 0 Å². The molecule has 2 aromatic rings. The highest BCUT2D eigenvalue weighted by Crippen LogP contribution is 2.29. The molecule has 1 aliphatic carbocycles. The number of pyridine rings is 1. The molecule has 28 heavy (non-hydrogen) atoms. The van der Waals surface area contributed by atoms with Gasteiger partial charge in [-0.15, -0.1) is 0 Å². The van der Waals surface area contributed by atoms with Crippen molar-refractivity contribution in [2.75, 3.05) is 5.32 Å². The van der Waals surface area contributed by atoms with E-state index in [0.29, 0.717) is 11.3 Å². The third kappa shape index (κ3) is 4.99. The standard InChI is InChI=1S/C19H17Cl2N3O4/c20-13-8-22-9-14(21)16(13)18(26)23-12-5-1-10(2-6-12)7-15(19(27)28)24-17(25)11-3-4-11/h1-2,5-6,8-9,11,15H,3-4,7H2,(H,23,26)(H,24,25)(H,27,28). The van der Waals surface area contributed by atoms with E-state index in [1.165, 1.54) is 12.4 Å². The summed E-state index contributed by atoms with van der Waals surface area (Å²) in [5.74, 6) is -1.85. The molecule has 7 nitrogen and oxygen atoms in total. The number of amides is 2. The summed E-state index contributed by atoms with van der Waals surface area (Å²) in [6.45, 7) is 0. The van der Waals surface area contributed by atoms with Crippen LogP contribution in [0.2, 0.25) is 10.0 Å². The van der Waals surface area contributed by atoms with Crippen LogP contribution in [0.3, 0.4) is 0 Å². The molecule has 0 spiro atoms. The normalized spacial score (nSPS) is 14.2. The van der Waals surface area contributed by atoms with Gasteiger partial charge in [0.05, 0.1) is 15.6 Å². The summed E-state index contributed by atoms with van der Waals surface area (Å²) >= 11 is 11.9. The van der Waals surface area contributed by atoms with E-state index in [1.54, 1.807) is 24.3 Å². The van der Waals surface area contributed by atoms with Gasteiger partial charge in [0.2, 0.25) is 5.91 Å². The van der Waals surface area contributed by atoms with Crippen LogP contribution < -0.4 is 10.6 Å². The van der Waals surface area contributed by atoms with Gasteiger partial charge in [-0.25, -0.2) is 4.79 Å². The van der Waals surface area contributed by atoms with Crippen LogP contribution in [0.4, 0.5) is 5.69 Å². The number of halogens is 2. The second-order valence-corrected chi connectivity index (χ2v) is 7.32. The Bertz CT molecular complexity index is 894. The molecule has 1 fully saturated rings. The Morgan fingerprint density at radius 2 is 1.71 bits per heavy atom. The lowest BCUT2D eigenvalue weighted by molar-refractivity contribution is -0.142. The fourth-order valence-corrected chi connectivity index (χ4v) is 3.15. The van der Waals surface area contributed by atoms with Crippen molar-refractivity contribution < 1.29 is 19.5 Å². The fourth-order valence-electron chi connectivity index (χ4n) is 2.62. The molecule has 0 aliphatic heterocycles. The first-order chi connectivity index (χ1) is 13.3. The van der Waals surface area contributed by atoms with Crippen molar-refractivity contribution >= 4 is 46.7 Å². The van der Waals surface area contributed by atoms with E-state index in [2.05, 4.69) is 15.6 Å². The quantitative estimate of drug-likeness (QED) is 0.635. The largest absolute Gasteiger partial charge is 0.480 e. The van der Waals surface area contributed by atoms with Crippen LogP contribution in [-0.4, -0.2) is 33.9 Å². The molecule has 1 aliphatic rings. The van der Waals surface area contributed by atoms with Gasteiger partial charge < -0.3 is 15.7 Å². The maximum Gasteiger partial charge on any atom is 0.326 e. The lowest BCUT2D eigenvalue weighted by Gasteiger charge is -2.15. The molecule has 1 atom stereocenters. The van der Waals surface area contributed by atoms with Crippen LogP contribution in [0, 0.1) is 5.92 Å². The van der Waals surface area contributed by atoms with E-state index in [9.17, 15) is 19.5 Å². The van der Waals surface area contributed by atoms with E-state index in [-0.39, 0.29) is 33.9 Å². The van der Waals surface area contributed by atoms with E-state index >= 15 is 0 Å². The minimum Gasteiger partial charge on any atom is -0.480 e. The third-order valence-electron chi connectivity index (χ3n) is 4.29. The number of hydrogen-bond acceptors (Lipinski definition) is 4. The molecular weight excluding hydrogens is 405 g/mol. The van der Waals surface area contributed by atoms with Gasteiger partial charge in [-0.2, -0.15) is 0 Å². The van der Waals surface area contributed by atoms with Crippen molar-refractivity contribution in [1.29, 1.82) is 0 Å². The highest BCUT2D eigenvalue weighted by Gasteiger charge is 2.32. The predicted octanol–water partition coefficient (Wildman–Crippen LogP) is 3.16. The number of anilines is 1. The van der Waals surface area contributed by atoms with Crippen molar-refractivity contribution in [3.05, 3.63) is 57.8 Å². The molecule has 1 saturated carbocycles. The fraction of sp³-hybridized carbons (Fsp3) is 0.263. The third-order valence-corrected chi connectivity index (χ3v) is 4.87. The van der Waals surface area contributed by atoms with Crippen LogP contribution in [-0.2, 0) is 16.0 Å². The van der Waals surface area contributed by atoms with Crippen LogP contribution in [0.25, 0.3) is 0 Å². The summed E-state index contributed by atoms with van der Waals surface area (Å²) in [7, 11) is 0. The predicted molar refractivity (Wildman–Crippen MR) is 105 cm³/mol. The SMILES string of the molecule is O=C(Nc1ccc(CC(NC(=O)C2CC2)C(=O)O)cc1)c1c(Cl)cncc1Cl. The zero-order valence-corrected chi connectivity index (χ0v) is 16.1. The number of hydrogen-bond donors (Lipinski definition) is 3. The zero-order chi connectivity index (χ0) is 20.3. The average molecular weight is 422 g/mol. The van der Waals surface area contributed by atoms with Gasteiger partial charge in [0.1, 0.15) is 6.04 Å². The van der Waals surface area contributed by atoms with Crippen LogP contribution in [0.1, 0.15) is 28.8 Å². The molecule has 3 N–H and O–H groups in total. The van der Waals surface area contributed by atoms with Crippen molar-refractivity contribution in [1.82, 2.24) is 10.3 Å². The number of benzene rings is 1. The molecule has 146 valence electrons. The number of carbonyl (C=O) groups excluding carboxylic acids is 2. The molecule has 0 radical (unpaired) electrons. The summed E-state index contributed by atoms with van der Waals surface area (Å²) < 4.78 is 0. The number of rotatable bonds is 7. The molecule has 2 amide bonds. The lowest BCUT2D eigenvalue weighted by atomic mass is 10.1. The molecule has 0 bridgehead atoms. The first kappa shape index (κ1) is 20.1. The second kappa shape index (κ2) is 8.58. The number of aromatic nitrogens is 1. The average Bonchev–Trinajstić information content (AvgIpc) is 3.47. The summed E-state index contributed by atoms with van der Waals surface area (Å²) in [4.78, 5) is 39.4. The molecule has 9 heteroatoms. The van der Waals surface area contributed by atoms with Crippen molar-refractivity contribution in [3.8, 4) is 0 Å². The Hall–Kier alpha value is -2.64. The van der Waals surface area contributed by atoms with Gasteiger partial charge in [0, 0.05) is 30.4 Å². The number of nitrogens with one attached hydrogen (secondary N) is 2. The molecule has 1 aromatic carbocycles. The van der Waals surface area contributed by atoms with Gasteiger partial charge in [-0.1, -0.05) is 35.3 Å². The minimum atomic E-state index is -1.09. The zero-order valence-electron chi connectivity index (χ0n) is 14.6. The number of carboxylic acid groups (broad SMARTS) is 1. The summed E-state index contributed by atoms with van der Waals surface area (Å²) in [5, 5.41) is 14.8. The van der Waals surface area contributed by atoms with Crippen LogP contribution in [0.15, 0.2) is 36.7 Å². The van der Waals surface area contributed by atoms with Gasteiger partial charge in [0.25, 0.3) is 5.91 Å². The topological polar surface area (TPSA) is 108 Å². The summed E-state index contributed by atoms with van der Waals surface area (Å²) in [6, 6.07) is 5.65. The van der Waals surface area contributed by atoms with Gasteiger partial charge in [-0.3, -0.25) is 14.6 Å². The van der Waals surface area contributed by atoms with Gasteiger partial charge in [-0.05, 0) is 30.5 Å². The summed E-state index contributed by atoms with van der Waals surface area (Å²) in [6.07, 6.45) is 4.40. The molecule has 3 rings (SSSR count). The molecular formula is C19H17Cl2N3O4. The van der Waals surface area contributed by atoms with E-state index in [0.717, 1.165) is 12.8 Å². The van der Waals surface area contributed by atoms with Gasteiger partial charge >= 0.3 is 5.97 Å². The van der Waals surface area contributed by atoms with E-state index in [4.69, 9.17) is 23.2 Å². The highest BCUT2D eigenvalue weighted by atomic mass is 35.5. The smallest absolute Gasteiger partial charge is 0.326 e. The molecule has 1 unspecified atom stereocenters. The first-order valence-electron chi connectivity index (χ1n) is 8.57. The Labute approximate surface area is 171 Å². The molecule has 1 heterocycles.